The Morgan fingerprint density at radius 2 is 2.07 bits per heavy atom. The van der Waals surface area contributed by atoms with E-state index in [9.17, 15) is 18.3 Å². The maximum Gasteiger partial charge on any atom is 0.277 e. The number of rotatable bonds is 6. The molecule has 2 aliphatic rings. The highest BCUT2D eigenvalue weighted by molar-refractivity contribution is 7.88. The molecule has 2 atom stereocenters. The lowest BCUT2D eigenvalue weighted by atomic mass is 10.1. The number of amides is 1. The highest BCUT2D eigenvalue weighted by Gasteiger charge is 2.42. The highest BCUT2D eigenvalue weighted by Crippen LogP contribution is 2.23. The lowest BCUT2D eigenvalue weighted by Gasteiger charge is -2.45. The zero-order chi connectivity index (χ0) is 20.5. The van der Waals surface area contributed by atoms with Crippen LogP contribution in [0.2, 0.25) is 0 Å². The molecular formula is C16H27N7O4S. The van der Waals surface area contributed by atoms with Crippen LogP contribution in [0.1, 0.15) is 43.6 Å². The first-order valence-electron chi connectivity index (χ1n) is 9.29. The predicted octanol–water partition coefficient (Wildman–Crippen LogP) is -0.649. The van der Waals surface area contributed by atoms with E-state index < -0.39 is 21.8 Å². The van der Waals surface area contributed by atoms with Crippen LogP contribution < -0.4 is 21.3 Å². The van der Waals surface area contributed by atoms with E-state index in [0.717, 1.165) is 6.42 Å². The van der Waals surface area contributed by atoms with E-state index in [1.807, 2.05) is 13.8 Å². The summed E-state index contributed by atoms with van der Waals surface area (Å²) in [7, 11) is -3.21. The average molecular weight is 414 g/mol. The van der Waals surface area contributed by atoms with E-state index in [2.05, 4.69) is 31.2 Å². The van der Waals surface area contributed by atoms with Crippen LogP contribution in [-0.2, 0) is 10.0 Å². The van der Waals surface area contributed by atoms with Crippen LogP contribution in [0.3, 0.4) is 0 Å². The van der Waals surface area contributed by atoms with E-state index >= 15 is 0 Å². The summed E-state index contributed by atoms with van der Waals surface area (Å²) in [5.41, 5.74) is 0.00951. The van der Waals surface area contributed by atoms with Crippen LogP contribution in [0.5, 0.6) is 5.88 Å². The normalized spacial score (nSPS) is 24.9. The van der Waals surface area contributed by atoms with Gasteiger partial charge in [0, 0.05) is 25.2 Å². The quantitative estimate of drug-likeness (QED) is 0.384. The van der Waals surface area contributed by atoms with Crippen LogP contribution in [-0.4, -0.2) is 71.0 Å². The average Bonchev–Trinajstić information content (AvgIpc) is 2.62. The van der Waals surface area contributed by atoms with Crippen molar-refractivity contribution in [3.05, 3.63) is 11.9 Å². The van der Waals surface area contributed by atoms with E-state index in [0.29, 0.717) is 25.9 Å². The molecule has 2 aliphatic heterocycles. The maximum absolute atomic E-state index is 12.6. The highest BCUT2D eigenvalue weighted by atomic mass is 32.2. The van der Waals surface area contributed by atoms with E-state index in [1.54, 1.807) is 0 Å². The molecule has 0 aromatic carbocycles. The lowest BCUT2D eigenvalue weighted by Crippen LogP contribution is -2.77. The number of aromatic hydroxyl groups is 1. The topological polar surface area (TPSA) is 149 Å². The molecular weight excluding hydrogens is 386 g/mol. The van der Waals surface area contributed by atoms with E-state index in [4.69, 9.17) is 0 Å². The Kier molecular flexibility index (Phi) is 5.75. The summed E-state index contributed by atoms with van der Waals surface area (Å²) in [6.45, 7) is 4.83. The number of nitrogens with one attached hydrogen (secondary N) is 4. The molecule has 0 spiro atoms. The minimum Gasteiger partial charge on any atom is -0.492 e. The summed E-state index contributed by atoms with van der Waals surface area (Å²) >= 11 is 0. The molecule has 11 nitrogen and oxygen atoms in total. The first-order valence-corrected chi connectivity index (χ1v) is 11.1. The smallest absolute Gasteiger partial charge is 0.277 e. The van der Waals surface area contributed by atoms with E-state index in [1.165, 1.54) is 16.8 Å². The third kappa shape index (κ3) is 4.51. The first-order chi connectivity index (χ1) is 13.1. The molecule has 0 bridgehead atoms. The Balaban J connectivity index is 1.80. The van der Waals surface area contributed by atoms with Crippen LogP contribution in [0.4, 0.5) is 5.82 Å². The first kappa shape index (κ1) is 20.7. The Labute approximate surface area is 164 Å². The van der Waals surface area contributed by atoms with Crippen molar-refractivity contribution in [2.24, 2.45) is 0 Å². The Hall–Kier alpha value is -2.02. The number of hydrogen-bond acceptors (Lipinski definition) is 9. The third-order valence-corrected chi connectivity index (χ3v) is 6.30. The molecule has 28 heavy (non-hydrogen) atoms. The fraction of sp³-hybridized carbons (Fsp3) is 0.688. The molecule has 3 rings (SSSR count). The number of carbonyl (C=O) groups is 1. The number of aromatic nitrogens is 2. The van der Waals surface area contributed by atoms with Gasteiger partial charge in [0.05, 0.1) is 12.5 Å². The van der Waals surface area contributed by atoms with Crippen LogP contribution >= 0.6 is 0 Å². The number of carbonyl (C=O) groups excluding carboxylic acids is 1. The molecule has 1 amide bonds. The molecule has 0 aliphatic carbocycles. The second kappa shape index (κ2) is 7.78. The number of hydrogen-bond donors (Lipinski definition) is 5. The summed E-state index contributed by atoms with van der Waals surface area (Å²) in [5.74, 6) is -1.73. The van der Waals surface area contributed by atoms with Crippen molar-refractivity contribution < 1.29 is 18.3 Å². The number of fused-ring (bicyclic) bond motifs is 1. The Morgan fingerprint density at radius 1 is 1.39 bits per heavy atom. The second-order valence-electron chi connectivity index (χ2n) is 7.29. The molecule has 0 radical (unpaired) electrons. The van der Waals surface area contributed by atoms with Crippen LogP contribution in [0.15, 0.2) is 6.20 Å². The lowest BCUT2D eigenvalue weighted by molar-refractivity contribution is 0.0797. The van der Waals surface area contributed by atoms with Crippen LogP contribution in [0, 0.1) is 0 Å². The molecule has 1 aromatic rings. The van der Waals surface area contributed by atoms with Gasteiger partial charge in [0.1, 0.15) is 0 Å². The largest absolute Gasteiger partial charge is 0.492 e. The standard InChI is InChI=1S/C16H27N7O4S/c1-4-10(2)19-16(20-11-5-7-23(8-6-11)28(3,26)27)21-14-13(15(25)22-16)18-12(24)9-17-14/h9-11,19-20H,4-8H2,1-3H3,(H,17,21)(H,18,24)(H,22,25). The number of piperidine rings is 1. The van der Waals surface area contributed by atoms with Gasteiger partial charge in [0.15, 0.2) is 11.5 Å². The second-order valence-corrected chi connectivity index (χ2v) is 9.27. The van der Waals surface area contributed by atoms with Crippen molar-refractivity contribution in [2.75, 3.05) is 24.7 Å². The molecule has 156 valence electrons. The van der Waals surface area contributed by atoms with Gasteiger partial charge in [-0.2, -0.15) is 0 Å². The zero-order valence-corrected chi connectivity index (χ0v) is 17.0. The van der Waals surface area contributed by atoms with Gasteiger partial charge in [-0.05, 0) is 26.2 Å². The summed E-state index contributed by atoms with van der Waals surface area (Å²) in [6, 6.07) is 0.0250. The van der Waals surface area contributed by atoms with Crippen molar-refractivity contribution in [2.45, 2.75) is 51.1 Å². The van der Waals surface area contributed by atoms with Gasteiger partial charge in [-0.3, -0.25) is 15.4 Å². The van der Waals surface area contributed by atoms with Gasteiger partial charge in [-0.25, -0.2) is 22.7 Å². The third-order valence-electron chi connectivity index (χ3n) is 5.00. The summed E-state index contributed by atoms with van der Waals surface area (Å²) in [6.07, 6.45) is 4.40. The Bertz CT molecular complexity index is 841. The van der Waals surface area contributed by atoms with Gasteiger partial charge in [-0.15, -0.1) is 0 Å². The monoisotopic (exact) mass is 413 g/mol. The molecule has 1 aromatic heterocycles. The predicted molar refractivity (Wildman–Crippen MR) is 103 cm³/mol. The fourth-order valence-electron chi connectivity index (χ4n) is 3.36. The molecule has 2 unspecified atom stereocenters. The Morgan fingerprint density at radius 3 is 2.68 bits per heavy atom. The minimum absolute atomic E-state index is 0.00951. The molecule has 1 saturated heterocycles. The van der Waals surface area contributed by atoms with Crippen molar-refractivity contribution in [1.82, 2.24) is 30.2 Å². The van der Waals surface area contributed by atoms with Gasteiger partial charge in [-0.1, -0.05) is 6.92 Å². The van der Waals surface area contributed by atoms with Gasteiger partial charge in [0.2, 0.25) is 21.8 Å². The molecule has 1 fully saturated rings. The van der Waals surface area contributed by atoms with Crippen molar-refractivity contribution in [3.8, 4) is 5.88 Å². The fourth-order valence-corrected chi connectivity index (χ4v) is 4.24. The van der Waals surface area contributed by atoms with Gasteiger partial charge in [0.25, 0.3) is 5.91 Å². The van der Waals surface area contributed by atoms with Crippen LogP contribution in [0.25, 0.3) is 0 Å². The molecule has 5 N–H and O–H groups in total. The molecule has 0 saturated carbocycles. The maximum atomic E-state index is 12.6. The minimum atomic E-state index is -3.21. The van der Waals surface area contributed by atoms with Gasteiger partial charge >= 0.3 is 0 Å². The number of nitrogens with zero attached hydrogens (tertiary/aromatic N) is 3. The molecule has 12 heteroatoms. The van der Waals surface area contributed by atoms with E-state index in [-0.39, 0.29) is 29.5 Å². The number of sulfonamides is 1. The summed E-state index contributed by atoms with van der Waals surface area (Å²) in [5, 5.41) is 22.2. The zero-order valence-electron chi connectivity index (χ0n) is 16.2. The number of anilines is 1. The van der Waals surface area contributed by atoms with Crippen molar-refractivity contribution in [3.63, 3.8) is 0 Å². The SMILES string of the molecule is CCC(C)NC1(NC2CCN(S(C)(=O)=O)CC2)NC(=O)c2nc(O)cnc2N1. The summed E-state index contributed by atoms with van der Waals surface area (Å²) in [4.78, 5) is 20.5. The van der Waals surface area contributed by atoms with Crippen molar-refractivity contribution in [1.29, 1.82) is 0 Å². The molecule has 3 heterocycles. The van der Waals surface area contributed by atoms with Crippen molar-refractivity contribution >= 4 is 21.7 Å². The van der Waals surface area contributed by atoms with Gasteiger partial charge < -0.3 is 15.7 Å². The summed E-state index contributed by atoms with van der Waals surface area (Å²) < 4.78 is 24.9.